The minimum absolute atomic E-state index is 0.490. The van der Waals surface area contributed by atoms with Crippen molar-refractivity contribution < 1.29 is 9.53 Å². The molecule has 0 spiro atoms. The van der Waals surface area contributed by atoms with Gasteiger partial charge in [-0.25, -0.2) is 4.79 Å². The van der Waals surface area contributed by atoms with Crippen molar-refractivity contribution in [1.29, 1.82) is 0 Å². The third kappa shape index (κ3) is 3.06. The lowest BCUT2D eigenvalue weighted by atomic mass is 10.00. The van der Waals surface area contributed by atoms with Crippen LogP contribution in [0.3, 0.4) is 0 Å². The van der Waals surface area contributed by atoms with Crippen molar-refractivity contribution in [3.05, 3.63) is 42.5 Å². The number of benzene rings is 3. The molecule has 0 radical (unpaired) electrons. The Hall–Kier alpha value is -2.95. The summed E-state index contributed by atoms with van der Waals surface area (Å²) < 4.78 is 5.33. The fourth-order valence-electron chi connectivity index (χ4n) is 2.68. The summed E-state index contributed by atoms with van der Waals surface area (Å²) in [7, 11) is 0. The number of carbonyl (C=O) groups excluding carboxylic acids is 1. The Morgan fingerprint density at radius 2 is 1.58 bits per heavy atom. The summed E-state index contributed by atoms with van der Waals surface area (Å²) in [5, 5.41) is 6.42. The molecule has 1 amide bonds. The van der Waals surface area contributed by atoms with Crippen LogP contribution in [0, 0.1) is 0 Å². The summed E-state index contributed by atoms with van der Waals surface area (Å²) >= 11 is 0. The van der Waals surface area contributed by atoms with Crippen molar-refractivity contribution in [3.8, 4) is 0 Å². The first-order valence-corrected chi connectivity index (χ1v) is 7.75. The number of nitrogen functional groups attached to an aromatic ring is 2. The van der Waals surface area contributed by atoms with Crippen LogP contribution in [0.15, 0.2) is 42.5 Å². The van der Waals surface area contributed by atoms with Crippen molar-refractivity contribution in [3.63, 3.8) is 0 Å². The predicted molar refractivity (Wildman–Crippen MR) is 100 cm³/mol. The van der Waals surface area contributed by atoms with Crippen molar-refractivity contribution >= 4 is 44.7 Å². The van der Waals surface area contributed by atoms with Gasteiger partial charge in [0.25, 0.3) is 0 Å². The summed E-state index contributed by atoms with van der Waals surface area (Å²) in [6.45, 7) is 5.48. The van der Waals surface area contributed by atoms with E-state index in [2.05, 4.69) is 5.32 Å². The van der Waals surface area contributed by atoms with Crippen molar-refractivity contribution in [2.45, 2.75) is 26.4 Å². The molecule has 0 aliphatic carbocycles. The average Bonchev–Trinajstić information content (AvgIpc) is 2.48. The fraction of sp³-hybridized carbons (Fsp3) is 0.211. The van der Waals surface area contributed by atoms with Gasteiger partial charge in [-0.15, -0.1) is 0 Å². The van der Waals surface area contributed by atoms with Crippen LogP contribution in [0.4, 0.5) is 21.9 Å². The van der Waals surface area contributed by atoms with Crippen LogP contribution >= 0.6 is 0 Å². The second-order valence-electron chi connectivity index (χ2n) is 6.80. The van der Waals surface area contributed by atoms with E-state index in [-0.39, 0.29) is 0 Å². The molecule has 3 aromatic carbocycles. The Kier molecular flexibility index (Phi) is 3.72. The summed E-state index contributed by atoms with van der Waals surface area (Å²) in [5.41, 5.74) is 13.6. The minimum atomic E-state index is -0.555. The highest BCUT2D eigenvalue weighted by Gasteiger charge is 2.17. The van der Waals surface area contributed by atoms with Gasteiger partial charge >= 0.3 is 6.09 Å². The molecule has 0 saturated carbocycles. The SMILES string of the molecule is CC(C)(C)OC(=O)Nc1cccc2cc3c(N)ccc(N)c3cc12. The maximum Gasteiger partial charge on any atom is 0.412 e. The summed E-state index contributed by atoms with van der Waals surface area (Å²) in [6, 6.07) is 13.2. The molecule has 5 N–H and O–H groups in total. The first kappa shape index (κ1) is 15.9. The van der Waals surface area contributed by atoms with Gasteiger partial charge < -0.3 is 16.2 Å². The van der Waals surface area contributed by atoms with Crippen LogP contribution in [0.25, 0.3) is 21.5 Å². The largest absolute Gasteiger partial charge is 0.444 e. The Balaban J connectivity index is 2.11. The van der Waals surface area contributed by atoms with Gasteiger partial charge in [0, 0.05) is 27.5 Å². The van der Waals surface area contributed by atoms with Crippen LogP contribution in [-0.4, -0.2) is 11.7 Å². The number of ether oxygens (including phenoxy) is 1. The molecule has 24 heavy (non-hydrogen) atoms. The van der Waals surface area contributed by atoms with Gasteiger partial charge in [0.05, 0.1) is 5.69 Å². The van der Waals surface area contributed by atoms with E-state index in [1.807, 2.05) is 51.1 Å². The Bertz CT molecular complexity index is 943. The number of hydrogen-bond acceptors (Lipinski definition) is 4. The standard InChI is InChI=1S/C19H21N3O2/c1-19(2,3)24-18(23)22-17-6-4-5-11-9-13-14(10-12(11)17)16(21)8-7-15(13)20/h4-10H,20-21H2,1-3H3,(H,22,23). The second-order valence-corrected chi connectivity index (χ2v) is 6.80. The van der Waals surface area contributed by atoms with E-state index in [9.17, 15) is 4.79 Å². The predicted octanol–water partition coefficient (Wildman–Crippen LogP) is 4.50. The zero-order valence-electron chi connectivity index (χ0n) is 14.0. The number of carbonyl (C=O) groups is 1. The summed E-state index contributed by atoms with van der Waals surface area (Å²) in [4.78, 5) is 12.1. The zero-order chi connectivity index (χ0) is 17.5. The first-order chi connectivity index (χ1) is 11.2. The maximum absolute atomic E-state index is 12.1. The van der Waals surface area contributed by atoms with Gasteiger partial charge in [-0.05, 0) is 56.5 Å². The molecule has 0 aliphatic rings. The lowest BCUT2D eigenvalue weighted by molar-refractivity contribution is 0.0636. The van der Waals surface area contributed by atoms with E-state index < -0.39 is 11.7 Å². The molecule has 124 valence electrons. The van der Waals surface area contributed by atoms with Gasteiger partial charge in [0.15, 0.2) is 0 Å². The zero-order valence-corrected chi connectivity index (χ0v) is 14.0. The highest BCUT2D eigenvalue weighted by atomic mass is 16.6. The lowest BCUT2D eigenvalue weighted by Crippen LogP contribution is -2.27. The van der Waals surface area contributed by atoms with Crippen LogP contribution in [0.1, 0.15) is 20.8 Å². The van der Waals surface area contributed by atoms with Crippen LogP contribution in [-0.2, 0) is 4.74 Å². The molecule has 5 nitrogen and oxygen atoms in total. The monoisotopic (exact) mass is 323 g/mol. The van der Waals surface area contributed by atoms with E-state index >= 15 is 0 Å². The maximum atomic E-state index is 12.1. The molecule has 0 aliphatic heterocycles. The van der Waals surface area contributed by atoms with Gasteiger partial charge in [0.1, 0.15) is 5.60 Å². The molecule has 0 heterocycles. The van der Waals surface area contributed by atoms with Crippen molar-refractivity contribution in [1.82, 2.24) is 0 Å². The number of nitrogens with one attached hydrogen (secondary N) is 1. The van der Waals surface area contributed by atoms with Crippen molar-refractivity contribution in [2.24, 2.45) is 0 Å². The molecule has 0 saturated heterocycles. The van der Waals surface area contributed by atoms with E-state index in [1.165, 1.54) is 0 Å². The Labute approximate surface area is 140 Å². The highest BCUT2D eigenvalue weighted by Crippen LogP contribution is 2.34. The number of rotatable bonds is 1. The molecular weight excluding hydrogens is 302 g/mol. The van der Waals surface area contributed by atoms with E-state index in [4.69, 9.17) is 16.2 Å². The Morgan fingerprint density at radius 3 is 2.21 bits per heavy atom. The number of hydrogen-bond donors (Lipinski definition) is 3. The first-order valence-electron chi connectivity index (χ1n) is 7.75. The van der Waals surface area contributed by atoms with Crippen LogP contribution in [0.5, 0.6) is 0 Å². The molecular formula is C19H21N3O2. The quantitative estimate of drug-likeness (QED) is 0.454. The van der Waals surface area contributed by atoms with Gasteiger partial charge in [-0.1, -0.05) is 12.1 Å². The molecule has 0 bridgehead atoms. The average molecular weight is 323 g/mol. The third-order valence-corrected chi connectivity index (χ3v) is 3.72. The minimum Gasteiger partial charge on any atom is -0.444 e. The summed E-state index contributed by atoms with van der Waals surface area (Å²) in [6.07, 6.45) is -0.490. The number of anilines is 3. The van der Waals surface area contributed by atoms with Crippen LogP contribution in [0.2, 0.25) is 0 Å². The second kappa shape index (κ2) is 5.60. The van der Waals surface area contributed by atoms with Gasteiger partial charge in [-0.2, -0.15) is 0 Å². The van der Waals surface area contributed by atoms with Crippen molar-refractivity contribution in [2.75, 3.05) is 16.8 Å². The molecule has 3 rings (SSSR count). The third-order valence-electron chi connectivity index (χ3n) is 3.72. The number of nitrogens with two attached hydrogens (primary N) is 2. The van der Waals surface area contributed by atoms with E-state index in [0.29, 0.717) is 17.1 Å². The smallest absolute Gasteiger partial charge is 0.412 e. The lowest BCUT2D eigenvalue weighted by Gasteiger charge is -2.20. The molecule has 0 fully saturated rings. The highest BCUT2D eigenvalue weighted by molar-refractivity contribution is 6.12. The normalized spacial score (nSPS) is 11.6. The Morgan fingerprint density at radius 1 is 0.958 bits per heavy atom. The molecule has 0 aromatic heterocycles. The van der Waals surface area contributed by atoms with E-state index in [0.717, 1.165) is 21.5 Å². The topological polar surface area (TPSA) is 90.4 Å². The van der Waals surface area contributed by atoms with Gasteiger partial charge in [0.2, 0.25) is 0 Å². The van der Waals surface area contributed by atoms with Crippen LogP contribution < -0.4 is 16.8 Å². The van der Waals surface area contributed by atoms with Gasteiger partial charge in [-0.3, -0.25) is 5.32 Å². The fourth-order valence-corrected chi connectivity index (χ4v) is 2.68. The number of amides is 1. The molecule has 5 heteroatoms. The molecule has 3 aromatic rings. The summed E-state index contributed by atoms with van der Waals surface area (Å²) in [5.74, 6) is 0. The molecule has 0 atom stereocenters. The molecule has 0 unspecified atom stereocenters. The van der Waals surface area contributed by atoms with E-state index in [1.54, 1.807) is 12.1 Å². The number of fused-ring (bicyclic) bond motifs is 2.